The van der Waals surface area contributed by atoms with Crippen molar-refractivity contribution in [2.45, 2.75) is 25.9 Å². The van der Waals surface area contributed by atoms with Gasteiger partial charge in [-0.1, -0.05) is 25.6 Å². The second-order valence-electron chi connectivity index (χ2n) is 4.37. The molecule has 96 valence electrons. The fraction of sp³-hybridized carbons (Fsp3) is 0.538. The highest BCUT2D eigenvalue weighted by Crippen LogP contribution is 2.33. The van der Waals surface area contributed by atoms with E-state index in [0.717, 1.165) is 31.1 Å². The zero-order valence-corrected chi connectivity index (χ0v) is 9.09. The minimum absolute atomic E-state index is 0. The number of halogens is 3. The maximum Gasteiger partial charge on any atom is 0.416 e. The van der Waals surface area contributed by atoms with E-state index in [1.54, 1.807) is 6.07 Å². The summed E-state index contributed by atoms with van der Waals surface area (Å²) in [6, 6.07) is 5.70. The van der Waals surface area contributed by atoms with Gasteiger partial charge in [0, 0.05) is 6.54 Å². The topological polar surface area (TPSA) is 3.24 Å². The van der Waals surface area contributed by atoms with Gasteiger partial charge < -0.3 is 4.90 Å². The molecule has 1 fully saturated rings. The molecule has 17 heavy (non-hydrogen) atoms. The summed E-state index contributed by atoms with van der Waals surface area (Å²) in [4.78, 5) is 2.14. The minimum Gasteiger partial charge on any atom is -0.306 e. The first-order chi connectivity index (χ1) is 7.47. The van der Waals surface area contributed by atoms with E-state index in [9.17, 15) is 13.2 Å². The van der Waals surface area contributed by atoms with Gasteiger partial charge >= 0.3 is 6.18 Å². The van der Waals surface area contributed by atoms with Crippen LogP contribution in [0.2, 0.25) is 0 Å². The average Bonchev–Trinajstić information content (AvgIpc) is 2.64. The van der Waals surface area contributed by atoms with E-state index < -0.39 is 11.7 Å². The third-order valence-corrected chi connectivity index (χ3v) is 3.08. The summed E-state index contributed by atoms with van der Waals surface area (Å²) in [5.74, 6) is 0.243. The lowest BCUT2D eigenvalue weighted by molar-refractivity contribution is -0.137. The van der Waals surface area contributed by atoms with Crippen LogP contribution in [-0.4, -0.2) is 25.0 Å². The molecule has 2 rings (SSSR count). The van der Waals surface area contributed by atoms with Gasteiger partial charge in [0.05, 0.1) is 5.56 Å². The molecule has 1 saturated heterocycles. The van der Waals surface area contributed by atoms with E-state index >= 15 is 0 Å². The van der Waals surface area contributed by atoms with Gasteiger partial charge in [-0.25, -0.2) is 0 Å². The molecule has 1 aromatic carbocycles. The Kier molecular flexibility index (Phi) is 4.20. The summed E-state index contributed by atoms with van der Waals surface area (Å²) in [6.45, 7) is 1.81. The molecule has 1 heterocycles. The number of benzene rings is 1. The summed E-state index contributed by atoms with van der Waals surface area (Å²) in [6.07, 6.45) is -3.29. The largest absolute Gasteiger partial charge is 0.416 e. The monoisotopic (exact) mass is 245 g/mol. The maximum absolute atomic E-state index is 12.5. The number of likely N-dealkylation sites (N-methyl/N-ethyl adjacent to an activating group) is 1. The number of rotatable bonds is 1. The molecule has 0 bridgehead atoms. The van der Waals surface area contributed by atoms with Gasteiger partial charge in [-0.15, -0.1) is 0 Å². The fourth-order valence-corrected chi connectivity index (χ4v) is 2.18. The van der Waals surface area contributed by atoms with Gasteiger partial charge in [0.1, 0.15) is 0 Å². The Morgan fingerprint density at radius 1 is 1.29 bits per heavy atom. The molecule has 1 aromatic rings. The van der Waals surface area contributed by atoms with Crippen LogP contribution in [0.4, 0.5) is 13.2 Å². The Bertz CT molecular complexity index is 373. The minimum atomic E-state index is -4.24. The van der Waals surface area contributed by atoms with Crippen molar-refractivity contribution < 1.29 is 13.2 Å². The molecule has 1 aliphatic rings. The lowest BCUT2D eigenvalue weighted by Crippen LogP contribution is -2.13. The number of hydrogen-bond acceptors (Lipinski definition) is 1. The molecular formula is C13H18F3N. The Hall–Kier alpha value is -1.03. The number of likely N-dealkylation sites (tertiary alicyclic amines) is 1. The molecule has 1 unspecified atom stereocenters. The lowest BCUT2D eigenvalue weighted by atomic mass is 9.96. The van der Waals surface area contributed by atoms with Crippen LogP contribution in [0.5, 0.6) is 0 Å². The van der Waals surface area contributed by atoms with Crippen LogP contribution in [0.15, 0.2) is 24.3 Å². The molecule has 1 nitrogen and oxygen atoms in total. The summed E-state index contributed by atoms with van der Waals surface area (Å²) < 4.78 is 37.6. The highest BCUT2D eigenvalue weighted by molar-refractivity contribution is 5.29. The Labute approximate surface area is 100 Å². The highest BCUT2D eigenvalue weighted by Gasteiger charge is 2.31. The van der Waals surface area contributed by atoms with Crippen molar-refractivity contribution in [2.75, 3.05) is 20.1 Å². The molecule has 1 atom stereocenters. The maximum atomic E-state index is 12.5. The van der Waals surface area contributed by atoms with Crippen molar-refractivity contribution in [1.29, 1.82) is 0 Å². The van der Waals surface area contributed by atoms with Crippen LogP contribution in [-0.2, 0) is 6.18 Å². The third-order valence-electron chi connectivity index (χ3n) is 3.08. The third kappa shape index (κ3) is 3.22. The fourth-order valence-electron chi connectivity index (χ4n) is 2.18. The molecule has 4 heteroatoms. The Morgan fingerprint density at radius 3 is 2.53 bits per heavy atom. The Balaban J connectivity index is 0.00000144. The molecule has 0 aliphatic carbocycles. The van der Waals surface area contributed by atoms with Crippen LogP contribution in [0, 0.1) is 0 Å². The second kappa shape index (κ2) is 5.08. The summed E-state index contributed by atoms with van der Waals surface area (Å²) in [7, 11) is 1.99. The lowest BCUT2D eigenvalue weighted by Gasteiger charge is -2.13. The van der Waals surface area contributed by atoms with Gasteiger partial charge in [-0.05, 0) is 37.6 Å². The van der Waals surface area contributed by atoms with Crippen molar-refractivity contribution in [1.82, 2.24) is 4.90 Å². The molecule has 0 radical (unpaired) electrons. The zero-order valence-electron chi connectivity index (χ0n) is 9.09. The van der Waals surface area contributed by atoms with E-state index in [2.05, 4.69) is 4.90 Å². The van der Waals surface area contributed by atoms with Crippen molar-refractivity contribution in [2.24, 2.45) is 0 Å². The normalized spacial score (nSPS) is 21.3. The van der Waals surface area contributed by atoms with Gasteiger partial charge in [-0.3, -0.25) is 0 Å². The molecule has 0 N–H and O–H groups in total. The second-order valence-corrected chi connectivity index (χ2v) is 4.37. The van der Waals surface area contributed by atoms with Crippen molar-refractivity contribution >= 4 is 0 Å². The Morgan fingerprint density at radius 2 is 2.00 bits per heavy atom. The van der Waals surface area contributed by atoms with Crippen LogP contribution < -0.4 is 0 Å². The standard InChI is InChI=1S/C12H14F3N.CH4/c1-16-6-5-10(8-16)9-3-2-4-11(7-9)12(13,14)15;/h2-4,7,10H,5-6,8H2,1H3;1H4. The van der Waals surface area contributed by atoms with E-state index in [4.69, 9.17) is 0 Å². The first-order valence-corrected chi connectivity index (χ1v) is 5.32. The van der Waals surface area contributed by atoms with Crippen LogP contribution in [0.1, 0.15) is 30.9 Å². The van der Waals surface area contributed by atoms with E-state index in [-0.39, 0.29) is 13.3 Å². The quantitative estimate of drug-likeness (QED) is 0.728. The summed E-state index contributed by atoms with van der Waals surface area (Å²) >= 11 is 0. The molecular weight excluding hydrogens is 227 g/mol. The molecule has 1 aliphatic heterocycles. The number of alkyl halides is 3. The molecule has 0 aromatic heterocycles. The molecule has 0 spiro atoms. The van der Waals surface area contributed by atoms with Crippen LogP contribution in [0.3, 0.4) is 0 Å². The molecule has 0 saturated carbocycles. The van der Waals surface area contributed by atoms with Crippen molar-refractivity contribution in [3.63, 3.8) is 0 Å². The average molecular weight is 245 g/mol. The smallest absolute Gasteiger partial charge is 0.306 e. The van der Waals surface area contributed by atoms with Crippen LogP contribution >= 0.6 is 0 Å². The van der Waals surface area contributed by atoms with E-state index in [1.165, 1.54) is 12.1 Å². The van der Waals surface area contributed by atoms with E-state index in [1.807, 2.05) is 7.05 Å². The predicted molar refractivity (Wildman–Crippen MR) is 63.0 cm³/mol. The first-order valence-electron chi connectivity index (χ1n) is 5.32. The van der Waals surface area contributed by atoms with Gasteiger partial charge in [-0.2, -0.15) is 13.2 Å². The summed E-state index contributed by atoms with van der Waals surface area (Å²) in [5.41, 5.74) is 0.263. The van der Waals surface area contributed by atoms with Gasteiger partial charge in [0.2, 0.25) is 0 Å². The highest BCUT2D eigenvalue weighted by atomic mass is 19.4. The predicted octanol–water partition coefficient (Wildman–Crippen LogP) is 3.76. The first kappa shape index (κ1) is 14.0. The van der Waals surface area contributed by atoms with Crippen molar-refractivity contribution in [3.05, 3.63) is 35.4 Å². The molecule has 0 amide bonds. The SMILES string of the molecule is C.CN1CCC(c2cccc(C(F)(F)F)c2)C1. The zero-order chi connectivity index (χ0) is 11.8. The van der Waals surface area contributed by atoms with E-state index in [0.29, 0.717) is 0 Å². The van der Waals surface area contributed by atoms with Crippen LogP contribution in [0.25, 0.3) is 0 Å². The van der Waals surface area contributed by atoms with Gasteiger partial charge in [0.15, 0.2) is 0 Å². The number of hydrogen-bond donors (Lipinski definition) is 0. The van der Waals surface area contributed by atoms with Crippen molar-refractivity contribution in [3.8, 4) is 0 Å². The summed E-state index contributed by atoms with van der Waals surface area (Å²) in [5, 5.41) is 0. The number of nitrogens with zero attached hydrogens (tertiary/aromatic N) is 1. The van der Waals surface area contributed by atoms with Gasteiger partial charge in [0.25, 0.3) is 0 Å².